The van der Waals surface area contributed by atoms with Crippen LogP contribution in [-0.4, -0.2) is 52.7 Å². The molecule has 9 heteroatoms. The average molecular weight is 646 g/mol. The van der Waals surface area contributed by atoms with Crippen molar-refractivity contribution in [2.45, 2.75) is 98.4 Å². The van der Waals surface area contributed by atoms with Crippen molar-refractivity contribution in [1.82, 2.24) is 10.2 Å². The monoisotopic (exact) mass is 645 g/mol. The number of aromatic hydroxyl groups is 1. The third-order valence-electron chi connectivity index (χ3n) is 7.87. The molecule has 0 aliphatic heterocycles. The van der Waals surface area contributed by atoms with Crippen molar-refractivity contribution in [2.24, 2.45) is 5.92 Å². The van der Waals surface area contributed by atoms with Gasteiger partial charge >= 0.3 is 6.09 Å². The lowest BCUT2D eigenvalue weighted by Gasteiger charge is -2.39. The Morgan fingerprint density at radius 2 is 1.53 bits per heavy atom. The highest BCUT2D eigenvalue weighted by Crippen LogP contribution is 2.32. The molecule has 3 amide bonds. The van der Waals surface area contributed by atoms with E-state index < -0.39 is 29.7 Å². The SMILES string of the molecule is COc1ccc(NC(=O)C(c2cc(C)ccc2C)N(C(=O)C(Cc2ccc(O)cc2)NC(=O)OC(C)(C)C)C(C)CCC(C)C)cc1. The molecule has 3 aromatic carbocycles. The highest BCUT2D eigenvalue weighted by atomic mass is 16.6. The fourth-order valence-corrected chi connectivity index (χ4v) is 5.37. The summed E-state index contributed by atoms with van der Waals surface area (Å²) < 4.78 is 10.9. The topological polar surface area (TPSA) is 117 Å². The van der Waals surface area contributed by atoms with E-state index in [2.05, 4.69) is 24.5 Å². The van der Waals surface area contributed by atoms with Gasteiger partial charge in [0, 0.05) is 18.2 Å². The summed E-state index contributed by atoms with van der Waals surface area (Å²) in [5, 5.41) is 15.7. The third-order valence-corrected chi connectivity index (χ3v) is 7.87. The molecule has 3 unspecified atom stereocenters. The Bertz CT molecular complexity index is 1500. The number of hydrogen-bond donors (Lipinski definition) is 3. The maximum absolute atomic E-state index is 15.0. The smallest absolute Gasteiger partial charge is 0.408 e. The van der Waals surface area contributed by atoms with Crippen LogP contribution in [0.15, 0.2) is 66.7 Å². The molecule has 254 valence electrons. The quantitative estimate of drug-likeness (QED) is 0.177. The Morgan fingerprint density at radius 1 is 0.894 bits per heavy atom. The second kappa shape index (κ2) is 16.3. The van der Waals surface area contributed by atoms with Gasteiger partial charge in [-0.1, -0.05) is 49.7 Å². The number of aryl methyl sites for hydroxylation is 2. The Balaban J connectivity index is 2.17. The molecule has 47 heavy (non-hydrogen) atoms. The van der Waals surface area contributed by atoms with Crippen LogP contribution in [0.4, 0.5) is 10.5 Å². The maximum atomic E-state index is 15.0. The van der Waals surface area contributed by atoms with E-state index in [0.717, 1.165) is 23.1 Å². The molecular formula is C38H51N3O6. The Labute approximate surface area is 279 Å². The van der Waals surface area contributed by atoms with Crippen molar-refractivity contribution in [2.75, 3.05) is 12.4 Å². The highest BCUT2D eigenvalue weighted by molar-refractivity contribution is 5.99. The molecule has 0 aliphatic rings. The summed E-state index contributed by atoms with van der Waals surface area (Å²) in [6.07, 6.45) is 0.840. The van der Waals surface area contributed by atoms with E-state index in [9.17, 15) is 19.5 Å². The number of benzene rings is 3. The second-order valence-corrected chi connectivity index (χ2v) is 13.6. The van der Waals surface area contributed by atoms with E-state index in [4.69, 9.17) is 9.47 Å². The molecule has 0 radical (unpaired) electrons. The van der Waals surface area contributed by atoms with Crippen LogP contribution in [0.3, 0.4) is 0 Å². The van der Waals surface area contributed by atoms with Gasteiger partial charge in [-0.05, 0) is 113 Å². The molecule has 0 saturated carbocycles. The predicted molar refractivity (Wildman–Crippen MR) is 186 cm³/mol. The van der Waals surface area contributed by atoms with E-state index in [-0.39, 0.29) is 24.1 Å². The minimum atomic E-state index is -1.07. The van der Waals surface area contributed by atoms with Crippen molar-refractivity contribution in [3.63, 3.8) is 0 Å². The fraction of sp³-hybridized carbons (Fsp3) is 0.447. The van der Waals surface area contributed by atoms with Crippen molar-refractivity contribution < 1.29 is 29.0 Å². The van der Waals surface area contributed by atoms with Crippen LogP contribution in [0.1, 0.15) is 82.7 Å². The van der Waals surface area contributed by atoms with Gasteiger partial charge in [-0.25, -0.2) is 4.79 Å². The molecule has 3 atom stereocenters. The lowest BCUT2D eigenvalue weighted by Crippen LogP contribution is -2.55. The molecule has 3 N–H and O–H groups in total. The van der Waals surface area contributed by atoms with Gasteiger partial charge in [-0.2, -0.15) is 0 Å². The number of carbonyl (C=O) groups excluding carboxylic acids is 3. The Morgan fingerprint density at radius 3 is 2.11 bits per heavy atom. The summed E-state index contributed by atoms with van der Waals surface area (Å²) in [6, 6.07) is 16.9. The van der Waals surface area contributed by atoms with Gasteiger partial charge in [-0.3, -0.25) is 9.59 Å². The number of anilines is 1. The lowest BCUT2D eigenvalue weighted by molar-refractivity contribution is -0.143. The summed E-state index contributed by atoms with van der Waals surface area (Å²) in [7, 11) is 1.58. The number of amides is 3. The molecule has 0 bridgehead atoms. The van der Waals surface area contributed by atoms with Crippen LogP contribution in [-0.2, 0) is 20.7 Å². The van der Waals surface area contributed by atoms with Gasteiger partial charge in [0.25, 0.3) is 5.91 Å². The number of phenols is 1. The largest absolute Gasteiger partial charge is 0.508 e. The first kappa shape index (κ1) is 36.9. The standard InChI is InChI=1S/C38H51N3O6/c1-24(2)10-13-27(5)41(36(44)33(40-37(45)47-38(6,7)8)23-28-14-18-30(42)19-15-28)34(32-22-25(3)11-12-26(32)4)35(43)39-29-16-20-31(46-9)21-17-29/h11-12,14-22,24,27,33-34,42H,10,13,23H2,1-9H3,(H,39,43)(H,40,45). The summed E-state index contributed by atoms with van der Waals surface area (Å²) >= 11 is 0. The van der Waals surface area contributed by atoms with E-state index in [1.165, 1.54) is 12.1 Å². The molecule has 0 heterocycles. The summed E-state index contributed by atoms with van der Waals surface area (Å²) in [6.45, 7) is 15.3. The number of ether oxygens (including phenoxy) is 2. The van der Waals surface area contributed by atoms with Crippen LogP contribution in [0.25, 0.3) is 0 Å². The normalized spacial score (nSPS) is 13.3. The summed E-state index contributed by atoms with van der Waals surface area (Å²) in [5.41, 5.74) is 2.98. The number of methoxy groups -OCH3 is 1. The molecule has 0 saturated heterocycles. The molecule has 0 aliphatic carbocycles. The van der Waals surface area contributed by atoms with Gasteiger partial charge in [0.2, 0.25) is 5.91 Å². The molecular weight excluding hydrogens is 594 g/mol. The molecule has 3 aromatic rings. The molecule has 9 nitrogen and oxygen atoms in total. The average Bonchev–Trinajstić information content (AvgIpc) is 2.99. The van der Waals surface area contributed by atoms with Crippen LogP contribution in [0.2, 0.25) is 0 Å². The first-order valence-corrected chi connectivity index (χ1v) is 16.2. The lowest BCUT2D eigenvalue weighted by atomic mass is 9.92. The van der Waals surface area contributed by atoms with Gasteiger partial charge in [0.15, 0.2) is 0 Å². The number of nitrogens with zero attached hydrogens (tertiary/aromatic N) is 1. The van der Waals surface area contributed by atoms with Crippen LogP contribution in [0.5, 0.6) is 11.5 Å². The first-order valence-electron chi connectivity index (χ1n) is 16.2. The Hall–Kier alpha value is -4.53. The predicted octanol–water partition coefficient (Wildman–Crippen LogP) is 7.49. The van der Waals surface area contributed by atoms with Gasteiger partial charge in [0.1, 0.15) is 29.2 Å². The zero-order valence-corrected chi connectivity index (χ0v) is 29.2. The number of rotatable bonds is 13. The van der Waals surface area contributed by atoms with E-state index in [1.54, 1.807) is 69.2 Å². The van der Waals surface area contributed by atoms with Crippen LogP contribution < -0.4 is 15.4 Å². The minimum absolute atomic E-state index is 0.0888. The van der Waals surface area contributed by atoms with E-state index in [1.807, 2.05) is 39.0 Å². The third kappa shape index (κ3) is 11.0. The number of alkyl carbamates (subject to hydrolysis) is 1. The van der Waals surface area contributed by atoms with Crippen LogP contribution in [0, 0.1) is 19.8 Å². The fourth-order valence-electron chi connectivity index (χ4n) is 5.37. The van der Waals surface area contributed by atoms with Crippen molar-refractivity contribution >= 4 is 23.6 Å². The molecule has 0 aromatic heterocycles. The molecule has 0 fully saturated rings. The van der Waals surface area contributed by atoms with Crippen molar-refractivity contribution in [1.29, 1.82) is 0 Å². The zero-order valence-electron chi connectivity index (χ0n) is 29.2. The van der Waals surface area contributed by atoms with Crippen molar-refractivity contribution in [3.05, 3.63) is 89.0 Å². The van der Waals surface area contributed by atoms with E-state index in [0.29, 0.717) is 29.3 Å². The van der Waals surface area contributed by atoms with Crippen LogP contribution >= 0.6 is 0 Å². The highest BCUT2D eigenvalue weighted by Gasteiger charge is 2.39. The van der Waals surface area contributed by atoms with E-state index >= 15 is 0 Å². The zero-order chi connectivity index (χ0) is 34.9. The number of nitrogens with one attached hydrogen (secondary N) is 2. The summed E-state index contributed by atoms with van der Waals surface area (Å²) in [5.74, 6) is 0.309. The number of carbonyl (C=O) groups is 3. The molecule has 0 spiro atoms. The second-order valence-electron chi connectivity index (χ2n) is 13.6. The number of phenolic OH excluding ortho intramolecular Hbond substituents is 1. The molecule has 3 rings (SSSR count). The number of hydrogen-bond acceptors (Lipinski definition) is 6. The summed E-state index contributed by atoms with van der Waals surface area (Å²) in [4.78, 5) is 44.2. The Kier molecular flexibility index (Phi) is 12.8. The van der Waals surface area contributed by atoms with Gasteiger partial charge in [-0.15, -0.1) is 0 Å². The van der Waals surface area contributed by atoms with Gasteiger partial charge < -0.3 is 30.1 Å². The minimum Gasteiger partial charge on any atom is -0.508 e. The first-order chi connectivity index (χ1) is 22.1. The van der Waals surface area contributed by atoms with Gasteiger partial charge in [0.05, 0.1) is 7.11 Å². The van der Waals surface area contributed by atoms with Crippen molar-refractivity contribution in [3.8, 4) is 11.5 Å². The maximum Gasteiger partial charge on any atom is 0.408 e.